The standard InChI is InChI=1S/C10H6Cl2FN3/c11-8-7(9(12)16-10(14)15-8)5-1-3-6(13)4-2-5/h1-4H,(H2,14,15,16). The highest BCUT2D eigenvalue weighted by Crippen LogP contribution is 2.32. The van der Waals surface area contributed by atoms with Gasteiger partial charge in [0.2, 0.25) is 5.95 Å². The number of nitrogens with zero attached hydrogens (tertiary/aromatic N) is 2. The van der Waals surface area contributed by atoms with Crippen molar-refractivity contribution < 1.29 is 4.39 Å². The van der Waals surface area contributed by atoms with Crippen LogP contribution >= 0.6 is 23.2 Å². The van der Waals surface area contributed by atoms with E-state index in [2.05, 4.69) is 9.97 Å². The summed E-state index contributed by atoms with van der Waals surface area (Å²) in [6, 6.07) is 5.70. The minimum atomic E-state index is -0.340. The zero-order chi connectivity index (χ0) is 11.7. The van der Waals surface area contributed by atoms with E-state index in [1.54, 1.807) is 12.1 Å². The summed E-state index contributed by atoms with van der Waals surface area (Å²) in [5.41, 5.74) is 6.46. The van der Waals surface area contributed by atoms with Crippen molar-refractivity contribution in [1.29, 1.82) is 0 Å². The van der Waals surface area contributed by atoms with E-state index in [-0.39, 0.29) is 22.1 Å². The molecule has 0 fully saturated rings. The first-order chi connectivity index (χ1) is 7.58. The second kappa shape index (κ2) is 4.23. The van der Waals surface area contributed by atoms with Gasteiger partial charge in [-0.2, -0.15) is 0 Å². The van der Waals surface area contributed by atoms with Crippen LogP contribution in [0.1, 0.15) is 0 Å². The average molecular weight is 258 g/mol. The van der Waals surface area contributed by atoms with Crippen molar-refractivity contribution >= 4 is 29.2 Å². The van der Waals surface area contributed by atoms with Gasteiger partial charge in [0.15, 0.2) is 0 Å². The summed E-state index contributed by atoms with van der Waals surface area (Å²) >= 11 is 11.8. The Morgan fingerprint density at radius 2 is 1.50 bits per heavy atom. The number of anilines is 1. The molecule has 16 heavy (non-hydrogen) atoms. The van der Waals surface area contributed by atoms with Crippen molar-refractivity contribution in [2.24, 2.45) is 0 Å². The van der Waals surface area contributed by atoms with Crippen LogP contribution in [0.5, 0.6) is 0 Å². The summed E-state index contributed by atoms with van der Waals surface area (Å²) in [4.78, 5) is 7.57. The van der Waals surface area contributed by atoms with Gasteiger partial charge in [0.05, 0.1) is 5.56 Å². The molecule has 0 saturated carbocycles. The summed E-state index contributed by atoms with van der Waals surface area (Å²) in [5, 5.41) is 0.285. The molecular weight excluding hydrogens is 252 g/mol. The first-order valence-corrected chi connectivity index (χ1v) is 5.08. The zero-order valence-corrected chi connectivity index (χ0v) is 9.43. The minimum Gasteiger partial charge on any atom is -0.368 e. The predicted octanol–water partition coefficient (Wildman–Crippen LogP) is 3.17. The smallest absolute Gasteiger partial charge is 0.222 e. The Balaban J connectivity index is 2.60. The Labute approximate surface area is 101 Å². The molecule has 2 rings (SSSR count). The zero-order valence-electron chi connectivity index (χ0n) is 7.92. The molecule has 6 heteroatoms. The fraction of sp³-hybridized carbons (Fsp3) is 0. The molecule has 1 aromatic heterocycles. The largest absolute Gasteiger partial charge is 0.368 e. The third kappa shape index (κ3) is 2.08. The Morgan fingerprint density at radius 1 is 1.00 bits per heavy atom. The van der Waals surface area contributed by atoms with E-state index in [0.29, 0.717) is 11.1 Å². The molecular formula is C10H6Cl2FN3. The maximum Gasteiger partial charge on any atom is 0.222 e. The molecule has 2 N–H and O–H groups in total. The van der Waals surface area contributed by atoms with E-state index in [1.165, 1.54) is 12.1 Å². The van der Waals surface area contributed by atoms with Crippen LogP contribution < -0.4 is 5.73 Å². The van der Waals surface area contributed by atoms with Crippen LogP contribution in [0.3, 0.4) is 0 Å². The Morgan fingerprint density at radius 3 is 2.00 bits per heavy atom. The van der Waals surface area contributed by atoms with E-state index >= 15 is 0 Å². The molecule has 0 saturated heterocycles. The highest BCUT2D eigenvalue weighted by molar-refractivity contribution is 6.37. The topological polar surface area (TPSA) is 51.8 Å². The van der Waals surface area contributed by atoms with Gasteiger partial charge in [-0.25, -0.2) is 14.4 Å². The minimum absolute atomic E-state index is 0.000798. The summed E-state index contributed by atoms with van der Waals surface area (Å²) in [7, 11) is 0. The van der Waals surface area contributed by atoms with Gasteiger partial charge in [0.25, 0.3) is 0 Å². The van der Waals surface area contributed by atoms with Crippen LogP contribution in [-0.4, -0.2) is 9.97 Å². The van der Waals surface area contributed by atoms with E-state index in [4.69, 9.17) is 28.9 Å². The van der Waals surface area contributed by atoms with Crippen molar-refractivity contribution in [2.45, 2.75) is 0 Å². The molecule has 2 aromatic rings. The number of halogens is 3. The molecule has 0 spiro atoms. The molecule has 0 amide bonds. The average Bonchev–Trinajstić information content (AvgIpc) is 2.19. The summed E-state index contributed by atoms with van der Waals surface area (Å²) in [6.07, 6.45) is 0. The molecule has 82 valence electrons. The Hall–Kier alpha value is -1.39. The quantitative estimate of drug-likeness (QED) is 0.799. The van der Waals surface area contributed by atoms with E-state index in [1.807, 2.05) is 0 Å². The molecule has 0 aliphatic heterocycles. The van der Waals surface area contributed by atoms with Crippen LogP contribution in [0, 0.1) is 5.82 Å². The van der Waals surface area contributed by atoms with E-state index < -0.39 is 0 Å². The monoisotopic (exact) mass is 257 g/mol. The lowest BCUT2D eigenvalue weighted by Crippen LogP contribution is -1.97. The van der Waals surface area contributed by atoms with Crippen molar-refractivity contribution in [3.05, 3.63) is 40.4 Å². The molecule has 0 atom stereocenters. The maximum absolute atomic E-state index is 12.8. The van der Waals surface area contributed by atoms with Crippen LogP contribution in [-0.2, 0) is 0 Å². The number of hydrogen-bond donors (Lipinski definition) is 1. The van der Waals surface area contributed by atoms with Gasteiger partial charge in [0, 0.05) is 0 Å². The fourth-order valence-electron chi connectivity index (χ4n) is 1.28. The number of rotatable bonds is 1. The number of nitrogen functional groups attached to an aromatic ring is 1. The fourth-order valence-corrected chi connectivity index (χ4v) is 1.90. The molecule has 0 radical (unpaired) electrons. The third-order valence-electron chi connectivity index (χ3n) is 1.97. The van der Waals surface area contributed by atoms with E-state index in [0.717, 1.165) is 0 Å². The highest BCUT2D eigenvalue weighted by atomic mass is 35.5. The molecule has 1 aromatic carbocycles. The van der Waals surface area contributed by atoms with Crippen LogP contribution in [0.15, 0.2) is 24.3 Å². The number of aromatic nitrogens is 2. The molecule has 0 aliphatic rings. The molecule has 0 bridgehead atoms. The molecule has 0 aliphatic carbocycles. The predicted molar refractivity (Wildman–Crippen MR) is 61.9 cm³/mol. The second-order valence-electron chi connectivity index (χ2n) is 3.05. The SMILES string of the molecule is Nc1nc(Cl)c(-c2ccc(F)cc2)c(Cl)n1. The van der Waals surface area contributed by atoms with Crippen LogP contribution in [0.25, 0.3) is 11.1 Å². The van der Waals surface area contributed by atoms with Crippen molar-refractivity contribution in [1.82, 2.24) is 9.97 Å². The third-order valence-corrected chi connectivity index (χ3v) is 2.52. The Kier molecular flexibility index (Phi) is 2.94. The van der Waals surface area contributed by atoms with Gasteiger partial charge < -0.3 is 5.73 Å². The van der Waals surface area contributed by atoms with Gasteiger partial charge in [-0.15, -0.1) is 0 Å². The van der Waals surface area contributed by atoms with Crippen molar-refractivity contribution in [3.8, 4) is 11.1 Å². The lowest BCUT2D eigenvalue weighted by atomic mass is 10.1. The lowest BCUT2D eigenvalue weighted by Gasteiger charge is -2.06. The van der Waals surface area contributed by atoms with Crippen molar-refractivity contribution in [3.63, 3.8) is 0 Å². The van der Waals surface area contributed by atoms with Crippen LogP contribution in [0.2, 0.25) is 10.3 Å². The Bertz CT molecular complexity index is 505. The molecule has 3 nitrogen and oxygen atoms in total. The summed E-state index contributed by atoms with van der Waals surface area (Å²) in [6.45, 7) is 0. The highest BCUT2D eigenvalue weighted by Gasteiger charge is 2.12. The van der Waals surface area contributed by atoms with Gasteiger partial charge in [-0.05, 0) is 17.7 Å². The van der Waals surface area contributed by atoms with Gasteiger partial charge >= 0.3 is 0 Å². The number of nitrogens with two attached hydrogens (primary N) is 1. The summed E-state index contributed by atoms with van der Waals surface area (Å²) in [5.74, 6) is -0.340. The summed E-state index contributed by atoms with van der Waals surface area (Å²) < 4.78 is 12.8. The number of benzene rings is 1. The number of hydrogen-bond acceptors (Lipinski definition) is 3. The second-order valence-corrected chi connectivity index (χ2v) is 3.76. The van der Waals surface area contributed by atoms with Gasteiger partial charge in [-0.1, -0.05) is 35.3 Å². The van der Waals surface area contributed by atoms with Gasteiger partial charge in [-0.3, -0.25) is 0 Å². The van der Waals surface area contributed by atoms with Crippen LogP contribution in [0.4, 0.5) is 10.3 Å². The van der Waals surface area contributed by atoms with E-state index in [9.17, 15) is 4.39 Å². The van der Waals surface area contributed by atoms with Gasteiger partial charge in [0.1, 0.15) is 16.1 Å². The maximum atomic E-state index is 12.8. The molecule has 0 unspecified atom stereocenters. The lowest BCUT2D eigenvalue weighted by molar-refractivity contribution is 0.628. The van der Waals surface area contributed by atoms with Crippen molar-refractivity contribution in [2.75, 3.05) is 5.73 Å². The first kappa shape index (κ1) is 11.1. The molecule has 1 heterocycles. The normalized spacial score (nSPS) is 10.4. The first-order valence-electron chi connectivity index (χ1n) is 4.32.